The summed E-state index contributed by atoms with van der Waals surface area (Å²) in [6.45, 7) is 0.842. The Hall–Kier alpha value is -0.910. The molecule has 0 bridgehead atoms. The third kappa shape index (κ3) is 4.53. The van der Waals surface area contributed by atoms with Crippen LogP contribution in [-0.2, 0) is 23.1 Å². The Morgan fingerprint density at radius 3 is 2.38 bits per heavy atom. The number of nitrogens with two attached hydrogens (primary N) is 1. The SMILES string of the molecule is CN(Cc1ccccc1CN)S(=O)(=O)CC1CCCCC1. The highest BCUT2D eigenvalue weighted by Gasteiger charge is 2.25. The quantitative estimate of drug-likeness (QED) is 0.878. The molecule has 0 radical (unpaired) electrons. The largest absolute Gasteiger partial charge is 0.326 e. The zero-order valence-electron chi connectivity index (χ0n) is 12.8. The summed E-state index contributed by atoms with van der Waals surface area (Å²) < 4.78 is 26.5. The molecule has 1 saturated carbocycles. The van der Waals surface area contributed by atoms with Gasteiger partial charge in [0.15, 0.2) is 0 Å². The molecule has 0 unspecified atom stereocenters. The van der Waals surface area contributed by atoms with Gasteiger partial charge in [0.05, 0.1) is 5.75 Å². The molecule has 0 amide bonds. The Bertz CT molecular complexity index is 551. The van der Waals surface area contributed by atoms with Crippen molar-refractivity contribution in [2.24, 2.45) is 11.7 Å². The molecule has 1 aromatic rings. The zero-order chi connectivity index (χ0) is 15.3. The van der Waals surface area contributed by atoms with Crippen molar-refractivity contribution in [2.45, 2.75) is 45.2 Å². The van der Waals surface area contributed by atoms with E-state index in [0.717, 1.165) is 24.0 Å². The van der Waals surface area contributed by atoms with E-state index in [1.54, 1.807) is 7.05 Å². The maximum atomic E-state index is 12.5. The van der Waals surface area contributed by atoms with Crippen LogP contribution in [0.5, 0.6) is 0 Å². The van der Waals surface area contributed by atoms with E-state index in [9.17, 15) is 8.42 Å². The van der Waals surface area contributed by atoms with Gasteiger partial charge in [-0.1, -0.05) is 43.5 Å². The summed E-state index contributed by atoms with van der Waals surface area (Å²) in [5.74, 6) is 0.616. The molecule has 0 aromatic heterocycles. The van der Waals surface area contributed by atoms with Crippen molar-refractivity contribution in [1.29, 1.82) is 0 Å². The van der Waals surface area contributed by atoms with E-state index in [0.29, 0.717) is 19.0 Å². The fourth-order valence-corrected chi connectivity index (χ4v) is 4.55. The molecule has 118 valence electrons. The first kappa shape index (κ1) is 16.5. The van der Waals surface area contributed by atoms with E-state index in [4.69, 9.17) is 5.73 Å². The number of sulfonamides is 1. The van der Waals surface area contributed by atoms with Crippen LogP contribution in [0.25, 0.3) is 0 Å². The first-order chi connectivity index (χ1) is 10.0. The van der Waals surface area contributed by atoms with Crippen molar-refractivity contribution < 1.29 is 8.42 Å². The predicted molar refractivity (Wildman–Crippen MR) is 86.2 cm³/mol. The van der Waals surface area contributed by atoms with E-state index < -0.39 is 10.0 Å². The van der Waals surface area contributed by atoms with Gasteiger partial charge in [0, 0.05) is 20.1 Å². The summed E-state index contributed by atoms with van der Waals surface area (Å²) in [7, 11) is -1.52. The maximum Gasteiger partial charge on any atom is 0.214 e. The fourth-order valence-electron chi connectivity index (χ4n) is 3.03. The highest BCUT2D eigenvalue weighted by atomic mass is 32.2. The van der Waals surface area contributed by atoms with Crippen LogP contribution >= 0.6 is 0 Å². The van der Waals surface area contributed by atoms with E-state index in [1.165, 1.54) is 23.6 Å². The van der Waals surface area contributed by atoms with Crippen LogP contribution in [0.4, 0.5) is 0 Å². The van der Waals surface area contributed by atoms with Crippen LogP contribution in [0.3, 0.4) is 0 Å². The number of hydrogen-bond acceptors (Lipinski definition) is 3. The summed E-state index contributed by atoms with van der Waals surface area (Å²) in [5.41, 5.74) is 7.72. The summed E-state index contributed by atoms with van der Waals surface area (Å²) >= 11 is 0. The Morgan fingerprint density at radius 1 is 1.14 bits per heavy atom. The van der Waals surface area contributed by atoms with E-state index in [2.05, 4.69) is 0 Å². The highest BCUT2D eigenvalue weighted by Crippen LogP contribution is 2.26. The molecular weight excluding hydrogens is 284 g/mol. The van der Waals surface area contributed by atoms with Gasteiger partial charge in [-0.25, -0.2) is 12.7 Å². The Balaban J connectivity index is 2.02. The molecule has 0 saturated heterocycles. The second-order valence-electron chi connectivity index (χ2n) is 6.01. The topological polar surface area (TPSA) is 63.4 Å². The first-order valence-corrected chi connectivity index (χ1v) is 9.34. The third-order valence-electron chi connectivity index (χ3n) is 4.38. The molecule has 2 N–H and O–H groups in total. The van der Waals surface area contributed by atoms with Gasteiger partial charge < -0.3 is 5.73 Å². The minimum atomic E-state index is -3.19. The maximum absolute atomic E-state index is 12.5. The molecule has 1 aliphatic carbocycles. The third-order valence-corrected chi connectivity index (χ3v) is 6.35. The lowest BCUT2D eigenvalue weighted by Gasteiger charge is -2.25. The van der Waals surface area contributed by atoms with Crippen LogP contribution in [0, 0.1) is 5.92 Å². The molecule has 2 rings (SSSR count). The minimum Gasteiger partial charge on any atom is -0.326 e. The van der Waals surface area contributed by atoms with Gasteiger partial charge in [0.25, 0.3) is 0 Å². The first-order valence-electron chi connectivity index (χ1n) is 7.74. The fraction of sp³-hybridized carbons (Fsp3) is 0.625. The van der Waals surface area contributed by atoms with Crippen molar-refractivity contribution >= 4 is 10.0 Å². The van der Waals surface area contributed by atoms with Crippen LogP contribution in [0.15, 0.2) is 24.3 Å². The predicted octanol–water partition coefficient (Wildman–Crippen LogP) is 2.49. The van der Waals surface area contributed by atoms with Crippen LogP contribution in [-0.4, -0.2) is 25.5 Å². The lowest BCUT2D eigenvalue weighted by molar-refractivity contribution is 0.374. The summed E-state index contributed by atoms with van der Waals surface area (Å²) in [5, 5.41) is 0. The zero-order valence-corrected chi connectivity index (χ0v) is 13.6. The van der Waals surface area contributed by atoms with Gasteiger partial charge in [0.1, 0.15) is 0 Å². The summed E-state index contributed by atoms with van der Waals surface area (Å²) in [6, 6.07) is 7.77. The lowest BCUT2D eigenvalue weighted by Crippen LogP contribution is -2.32. The molecule has 1 fully saturated rings. The van der Waals surface area contributed by atoms with Crippen molar-refractivity contribution in [2.75, 3.05) is 12.8 Å². The van der Waals surface area contributed by atoms with Gasteiger partial charge >= 0.3 is 0 Å². The number of hydrogen-bond donors (Lipinski definition) is 1. The molecule has 1 aliphatic rings. The van der Waals surface area contributed by atoms with Gasteiger partial charge in [-0.3, -0.25) is 0 Å². The highest BCUT2D eigenvalue weighted by molar-refractivity contribution is 7.89. The normalized spacial score (nSPS) is 17.3. The van der Waals surface area contributed by atoms with Crippen molar-refractivity contribution in [3.8, 4) is 0 Å². The minimum absolute atomic E-state index is 0.286. The molecular formula is C16H26N2O2S. The van der Waals surface area contributed by atoms with E-state index in [1.807, 2.05) is 24.3 Å². The molecule has 0 spiro atoms. The standard InChI is InChI=1S/C16H26N2O2S/c1-18(12-16-10-6-5-9-15(16)11-17)21(19,20)13-14-7-3-2-4-8-14/h5-6,9-10,14H,2-4,7-8,11-13,17H2,1H3. The van der Waals surface area contributed by atoms with Crippen LogP contribution in [0.1, 0.15) is 43.2 Å². The van der Waals surface area contributed by atoms with Crippen molar-refractivity contribution in [1.82, 2.24) is 4.31 Å². The molecule has 0 atom stereocenters. The molecule has 5 heteroatoms. The van der Waals surface area contributed by atoms with Gasteiger partial charge in [-0.15, -0.1) is 0 Å². The number of benzene rings is 1. The molecule has 21 heavy (non-hydrogen) atoms. The van der Waals surface area contributed by atoms with E-state index in [-0.39, 0.29) is 5.75 Å². The van der Waals surface area contributed by atoms with Gasteiger partial charge in [0.2, 0.25) is 10.0 Å². The molecule has 0 heterocycles. The second kappa shape index (κ2) is 7.38. The average molecular weight is 310 g/mol. The van der Waals surface area contributed by atoms with Crippen molar-refractivity contribution in [3.05, 3.63) is 35.4 Å². The number of rotatable bonds is 6. The lowest BCUT2D eigenvalue weighted by atomic mass is 9.91. The Labute approximate surface area is 128 Å². The average Bonchev–Trinajstić information content (AvgIpc) is 2.48. The van der Waals surface area contributed by atoms with Gasteiger partial charge in [-0.05, 0) is 29.9 Å². The van der Waals surface area contributed by atoms with Crippen LogP contribution < -0.4 is 5.73 Å². The molecule has 0 aliphatic heterocycles. The smallest absolute Gasteiger partial charge is 0.214 e. The summed E-state index contributed by atoms with van der Waals surface area (Å²) in [6.07, 6.45) is 5.68. The van der Waals surface area contributed by atoms with Gasteiger partial charge in [-0.2, -0.15) is 0 Å². The monoisotopic (exact) mass is 310 g/mol. The van der Waals surface area contributed by atoms with E-state index >= 15 is 0 Å². The Kier molecular flexibility index (Phi) is 5.79. The van der Waals surface area contributed by atoms with Crippen molar-refractivity contribution in [3.63, 3.8) is 0 Å². The molecule has 4 nitrogen and oxygen atoms in total. The molecule has 1 aromatic carbocycles. The summed E-state index contributed by atoms with van der Waals surface area (Å²) in [4.78, 5) is 0. The number of nitrogens with zero attached hydrogens (tertiary/aromatic N) is 1. The Morgan fingerprint density at radius 2 is 1.76 bits per heavy atom. The van der Waals surface area contributed by atoms with Crippen LogP contribution in [0.2, 0.25) is 0 Å². The second-order valence-corrected chi connectivity index (χ2v) is 8.13.